The Kier molecular flexibility index (Phi) is 4.50. The predicted molar refractivity (Wildman–Crippen MR) is 87.0 cm³/mol. The van der Waals surface area contributed by atoms with E-state index in [1.807, 2.05) is 24.3 Å². The summed E-state index contributed by atoms with van der Waals surface area (Å²) >= 11 is 0. The summed E-state index contributed by atoms with van der Waals surface area (Å²) in [6, 6.07) is 13.4. The molecule has 0 bridgehead atoms. The molecule has 7 heteroatoms. The first-order valence-electron chi connectivity index (χ1n) is 7.56. The molecule has 3 aromatic rings. The molecule has 1 amide bonds. The Labute approximate surface area is 141 Å². The minimum Gasteiger partial charge on any atom is -0.387 e. The van der Waals surface area contributed by atoms with Gasteiger partial charge in [-0.2, -0.15) is 13.2 Å². The molecule has 0 saturated carbocycles. The van der Waals surface area contributed by atoms with E-state index in [9.17, 15) is 23.1 Å². The third-order valence-corrected chi connectivity index (χ3v) is 3.83. The number of rotatable bonds is 4. The van der Waals surface area contributed by atoms with Gasteiger partial charge in [0.1, 0.15) is 5.69 Å². The van der Waals surface area contributed by atoms with Gasteiger partial charge in [0.2, 0.25) is 0 Å². The van der Waals surface area contributed by atoms with Gasteiger partial charge in [0.05, 0.1) is 11.7 Å². The number of hydrogen-bond acceptors (Lipinski definition) is 2. The molecular formula is C18H15F3N2O2. The Hall–Kier alpha value is -2.80. The summed E-state index contributed by atoms with van der Waals surface area (Å²) in [6.45, 7) is -0.199. The third-order valence-electron chi connectivity index (χ3n) is 3.83. The molecule has 4 nitrogen and oxygen atoms in total. The predicted octanol–water partition coefficient (Wildman–Crippen LogP) is 3.65. The third kappa shape index (κ3) is 3.83. The van der Waals surface area contributed by atoms with Crippen molar-refractivity contribution in [1.29, 1.82) is 0 Å². The van der Waals surface area contributed by atoms with E-state index in [4.69, 9.17) is 0 Å². The van der Waals surface area contributed by atoms with Crippen LogP contribution in [-0.2, 0) is 6.18 Å². The molecule has 0 aliphatic carbocycles. The van der Waals surface area contributed by atoms with E-state index >= 15 is 0 Å². The van der Waals surface area contributed by atoms with E-state index in [0.29, 0.717) is 5.69 Å². The smallest absolute Gasteiger partial charge is 0.387 e. The van der Waals surface area contributed by atoms with Gasteiger partial charge >= 0.3 is 6.18 Å². The lowest BCUT2D eigenvalue weighted by Crippen LogP contribution is -2.28. The molecule has 0 fully saturated rings. The number of amides is 1. The lowest BCUT2D eigenvalue weighted by atomic mass is 10.1. The van der Waals surface area contributed by atoms with Gasteiger partial charge in [-0.15, -0.1) is 0 Å². The summed E-state index contributed by atoms with van der Waals surface area (Å²) in [5.41, 5.74) is 0.362. The molecule has 25 heavy (non-hydrogen) atoms. The van der Waals surface area contributed by atoms with Crippen LogP contribution in [-0.4, -0.2) is 22.5 Å². The van der Waals surface area contributed by atoms with Gasteiger partial charge in [-0.1, -0.05) is 30.3 Å². The average molecular weight is 348 g/mol. The molecule has 1 heterocycles. The first kappa shape index (κ1) is 17.0. The maximum absolute atomic E-state index is 12.7. The summed E-state index contributed by atoms with van der Waals surface area (Å²) in [5.74, 6) is -0.442. The van der Waals surface area contributed by atoms with Crippen molar-refractivity contribution in [3.8, 4) is 0 Å². The molecule has 1 atom stereocenters. The number of fused-ring (bicyclic) bond motifs is 1. The van der Waals surface area contributed by atoms with Crippen molar-refractivity contribution in [3.05, 3.63) is 71.4 Å². The maximum atomic E-state index is 12.7. The van der Waals surface area contributed by atoms with Crippen LogP contribution in [0.3, 0.4) is 0 Å². The molecule has 0 aliphatic heterocycles. The SMILES string of the molecule is O=C(NCC(O)c1cccc(C(F)(F)F)c1)c1cc2ccccc2[nH]1. The van der Waals surface area contributed by atoms with E-state index < -0.39 is 23.8 Å². The van der Waals surface area contributed by atoms with Crippen LogP contribution in [0.5, 0.6) is 0 Å². The first-order chi connectivity index (χ1) is 11.8. The zero-order valence-corrected chi connectivity index (χ0v) is 13.0. The minimum atomic E-state index is -4.48. The Bertz CT molecular complexity index is 869. The summed E-state index contributed by atoms with van der Waals surface area (Å²) < 4.78 is 38.1. The topological polar surface area (TPSA) is 65.1 Å². The summed E-state index contributed by atoms with van der Waals surface area (Å²) in [6.07, 6.45) is -5.72. The summed E-state index contributed by atoms with van der Waals surface area (Å²) in [4.78, 5) is 15.1. The van der Waals surface area contributed by atoms with Crippen molar-refractivity contribution < 1.29 is 23.1 Å². The average Bonchev–Trinajstić information content (AvgIpc) is 3.03. The van der Waals surface area contributed by atoms with E-state index in [0.717, 1.165) is 23.0 Å². The van der Waals surface area contributed by atoms with Crippen molar-refractivity contribution >= 4 is 16.8 Å². The van der Waals surface area contributed by atoms with Gasteiger partial charge in [-0.3, -0.25) is 4.79 Å². The van der Waals surface area contributed by atoms with Crippen LogP contribution in [0.2, 0.25) is 0 Å². The highest BCUT2D eigenvalue weighted by Gasteiger charge is 2.30. The van der Waals surface area contributed by atoms with Crippen LogP contribution in [0.1, 0.15) is 27.7 Å². The molecule has 0 radical (unpaired) electrons. The molecule has 0 spiro atoms. The van der Waals surface area contributed by atoms with Gasteiger partial charge in [-0.25, -0.2) is 0 Å². The molecule has 1 aromatic heterocycles. The fourth-order valence-electron chi connectivity index (χ4n) is 2.52. The van der Waals surface area contributed by atoms with E-state index in [2.05, 4.69) is 10.3 Å². The maximum Gasteiger partial charge on any atom is 0.416 e. The fourth-order valence-corrected chi connectivity index (χ4v) is 2.52. The van der Waals surface area contributed by atoms with Crippen molar-refractivity contribution in [3.63, 3.8) is 0 Å². The second-order valence-electron chi connectivity index (χ2n) is 5.62. The van der Waals surface area contributed by atoms with Crippen molar-refractivity contribution in [2.75, 3.05) is 6.54 Å². The zero-order chi connectivity index (χ0) is 18.0. The highest BCUT2D eigenvalue weighted by molar-refractivity contribution is 5.97. The lowest BCUT2D eigenvalue weighted by molar-refractivity contribution is -0.137. The Morgan fingerprint density at radius 3 is 2.60 bits per heavy atom. The van der Waals surface area contributed by atoms with Crippen LogP contribution >= 0.6 is 0 Å². The Morgan fingerprint density at radius 2 is 1.88 bits per heavy atom. The first-order valence-corrected chi connectivity index (χ1v) is 7.56. The largest absolute Gasteiger partial charge is 0.416 e. The number of carbonyl (C=O) groups is 1. The Morgan fingerprint density at radius 1 is 1.12 bits per heavy atom. The van der Waals surface area contributed by atoms with Crippen LogP contribution in [0.25, 0.3) is 10.9 Å². The van der Waals surface area contributed by atoms with Gasteiger partial charge in [0.15, 0.2) is 0 Å². The zero-order valence-electron chi connectivity index (χ0n) is 13.0. The molecule has 2 aromatic carbocycles. The van der Waals surface area contributed by atoms with Crippen LogP contribution in [0.15, 0.2) is 54.6 Å². The number of nitrogens with one attached hydrogen (secondary N) is 2. The number of hydrogen-bond donors (Lipinski definition) is 3. The van der Waals surface area contributed by atoms with E-state index in [-0.39, 0.29) is 12.1 Å². The van der Waals surface area contributed by atoms with Crippen molar-refractivity contribution in [2.24, 2.45) is 0 Å². The molecule has 0 aliphatic rings. The summed E-state index contributed by atoms with van der Waals surface area (Å²) in [5, 5.41) is 13.4. The quantitative estimate of drug-likeness (QED) is 0.674. The number of aliphatic hydroxyl groups excluding tert-OH is 1. The van der Waals surface area contributed by atoms with Gasteiger partial charge in [0, 0.05) is 17.4 Å². The van der Waals surface area contributed by atoms with Gasteiger partial charge in [-0.05, 0) is 29.8 Å². The minimum absolute atomic E-state index is 0.0896. The monoisotopic (exact) mass is 348 g/mol. The molecule has 1 unspecified atom stereocenters. The Balaban J connectivity index is 1.67. The number of aliphatic hydroxyl groups is 1. The highest BCUT2D eigenvalue weighted by Crippen LogP contribution is 2.30. The second-order valence-corrected chi connectivity index (χ2v) is 5.62. The second kappa shape index (κ2) is 6.60. The highest BCUT2D eigenvalue weighted by atomic mass is 19.4. The number of para-hydroxylation sites is 1. The molecular weight excluding hydrogens is 333 g/mol. The number of halogens is 3. The fraction of sp³-hybridized carbons (Fsp3) is 0.167. The lowest BCUT2D eigenvalue weighted by Gasteiger charge is -2.14. The van der Waals surface area contributed by atoms with Crippen LogP contribution in [0, 0.1) is 0 Å². The molecule has 3 N–H and O–H groups in total. The standard InChI is InChI=1S/C18H15F3N2O2/c19-18(20,21)13-6-3-5-12(8-13)16(24)10-22-17(25)15-9-11-4-1-2-7-14(11)23-15/h1-9,16,23-24H,10H2,(H,22,25). The van der Waals surface area contributed by atoms with Gasteiger partial charge < -0.3 is 15.4 Å². The summed E-state index contributed by atoms with van der Waals surface area (Å²) in [7, 11) is 0. The molecule has 0 saturated heterocycles. The van der Waals surface area contributed by atoms with E-state index in [1.54, 1.807) is 6.07 Å². The van der Waals surface area contributed by atoms with Crippen LogP contribution < -0.4 is 5.32 Å². The number of alkyl halides is 3. The van der Waals surface area contributed by atoms with Gasteiger partial charge in [0.25, 0.3) is 5.91 Å². The number of carbonyl (C=O) groups excluding carboxylic acids is 1. The van der Waals surface area contributed by atoms with Crippen molar-refractivity contribution in [1.82, 2.24) is 10.3 Å². The van der Waals surface area contributed by atoms with E-state index in [1.165, 1.54) is 12.1 Å². The molecule has 130 valence electrons. The number of aromatic nitrogens is 1. The number of aromatic amines is 1. The normalized spacial score (nSPS) is 13.0. The number of H-pyrrole nitrogens is 1. The van der Waals surface area contributed by atoms with Crippen molar-refractivity contribution in [2.45, 2.75) is 12.3 Å². The van der Waals surface area contributed by atoms with Crippen LogP contribution in [0.4, 0.5) is 13.2 Å². The number of benzene rings is 2. The molecule has 3 rings (SSSR count).